The Kier molecular flexibility index (Phi) is 6.82. The van der Waals surface area contributed by atoms with E-state index >= 15 is 0 Å². The summed E-state index contributed by atoms with van der Waals surface area (Å²) >= 11 is 3.46. The van der Waals surface area contributed by atoms with Gasteiger partial charge in [0.15, 0.2) is 0 Å². The van der Waals surface area contributed by atoms with Crippen molar-refractivity contribution in [2.45, 2.75) is 38.6 Å². The first-order valence-electron chi connectivity index (χ1n) is 5.84. The molecule has 1 atom stereocenters. The van der Waals surface area contributed by atoms with Crippen LogP contribution in [-0.4, -0.2) is 42.5 Å². The summed E-state index contributed by atoms with van der Waals surface area (Å²) in [5, 5.41) is 4.66. The maximum Gasteiger partial charge on any atom is 0.00466 e. The van der Waals surface area contributed by atoms with Crippen LogP contribution in [0, 0.1) is 0 Å². The monoisotopic (exact) mass is 262 g/mol. The van der Waals surface area contributed by atoms with Gasteiger partial charge >= 0.3 is 0 Å². The first-order chi connectivity index (χ1) is 6.83. The molecule has 1 unspecified atom stereocenters. The number of likely N-dealkylation sites (tertiary alicyclic amines) is 1. The molecule has 0 aliphatic carbocycles. The molecule has 1 aliphatic heterocycles. The third-order valence-electron chi connectivity index (χ3n) is 2.88. The molecule has 1 heterocycles. The van der Waals surface area contributed by atoms with Gasteiger partial charge in [-0.25, -0.2) is 0 Å². The molecule has 0 spiro atoms. The molecule has 1 aliphatic rings. The van der Waals surface area contributed by atoms with Crippen LogP contribution in [0.1, 0.15) is 32.6 Å². The van der Waals surface area contributed by atoms with Crippen molar-refractivity contribution in [2.24, 2.45) is 0 Å². The van der Waals surface area contributed by atoms with Gasteiger partial charge in [-0.1, -0.05) is 15.9 Å². The minimum Gasteiger partial charge on any atom is -0.314 e. The van der Waals surface area contributed by atoms with Crippen molar-refractivity contribution >= 4 is 15.9 Å². The summed E-state index contributed by atoms with van der Waals surface area (Å²) in [6.07, 6.45) is 5.34. The molecule has 0 amide bonds. The SMILES string of the molecule is CC(CCBr)NCCCN1CCCC1. The predicted octanol–water partition coefficient (Wildman–Crippen LogP) is 2.24. The average molecular weight is 263 g/mol. The molecule has 0 aromatic rings. The van der Waals surface area contributed by atoms with Crippen LogP contribution in [0.25, 0.3) is 0 Å². The van der Waals surface area contributed by atoms with Crippen LogP contribution in [0.15, 0.2) is 0 Å². The lowest BCUT2D eigenvalue weighted by Crippen LogP contribution is -2.30. The normalized spacial score (nSPS) is 20.1. The second-order valence-electron chi connectivity index (χ2n) is 4.24. The van der Waals surface area contributed by atoms with E-state index in [-0.39, 0.29) is 0 Å². The minimum absolute atomic E-state index is 0.660. The van der Waals surface area contributed by atoms with Crippen LogP contribution in [-0.2, 0) is 0 Å². The summed E-state index contributed by atoms with van der Waals surface area (Å²) in [6.45, 7) is 7.38. The van der Waals surface area contributed by atoms with Gasteiger partial charge in [0.25, 0.3) is 0 Å². The molecule has 1 saturated heterocycles. The van der Waals surface area contributed by atoms with E-state index in [9.17, 15) is 0 Å². The highest BCUT2D eigenvalue weighted by atomic mass is 79.9. The zero-order valence-corrected chi connectivity index (χ0v) is 10.9. The number of nitrogens with zero attached hydrogens (tertiary/aromatic N) is 1. The quantitative estimate of drug-likeness (QED) is 0.560. The van der Waals surface area contributed by atoms with E-state index < -0.39 is 0 Å². The van der Waals surface area contributed by atoms with Crippen molar-refractivity contribution in [3.63, 3.8) is 0 Å². The van der Waals surface area contributed by atoms with E-state index in [0.717, 1.165) is 5.33 Å². The fraction of sp³-hybridized carbons (Fsp3) is 1.00. The summed E-state index contributed by atoms with van der Waals surface area (Å²) in [7, 11) is 0. The second kappa shape index (κ2) is 7.66. The standard InChI is InChI=1S/C11H23BrN2/c1-11(5-6-12)13-7-4-10-14-8-2-3-9-14/h11,13H,2-10H2,1H3. The van der Waals surface area contributed by atoms with Crippen LogP contribution in [0.5, 0.6) is 0 Å². The fourth-order valence-electron chi connectivity index (χ4n) is 1.92. The number of rotatable bonds is 7. The minimum atomic E-state index is 0.660. The van der Waals surface area contributed by atoms with E-state index in [1.807, 2.05) is 0 Å². The highest BCUT2D eigenvalue weighted by Gasteiger charge is 2.10. The van der Waals surface area contributed by atoms with Crippen LogP contribution < -0.4 is 5.32 Å². The third kappa shape index (κ3) is 5.32. The van der Waals surface area contributed by atoms with Crippen molar-refractivity contribution in [3.8, 4) is 0 Å². The summed E-state index contributed by atoms with van der Waals surface area (Å²) in [5.41, 5.74) is 0. The molecule has 3 heteroatoms. The molecule has 0 bridgehead atoms. The van der Waals surface area contributed by atoms with Crippen molar-refractivity contribution in [1.29, 1.82) is 0 Å². The van der Waals surface area contributed by atoms with Gasteiger partial charge in [-0.3, -0.25) is 0 Å². The first-order valence-corrected chi connectivity index (χ1v) is 6.97. The van der Waals surface area contributed by atoms with Gasteiger partial charge in [-0.2, -0.15) is 0 Å². The highest BCUT2D eigenvalue weighted by molar-refractivity contribution is 9.09. The van der Waals surface area contributed by atoms with Crippen LogP contribution in [0.4, 0.5) is 0 Å². The molecule has 2 nitrogen and oxygen atoms in total. The van der Waals surface area contributed by atoms with Gasteiger partial charge < -0.3 is 10.2 Å². The average Bonchev–Trinajstić information content (AvgIpc) is 2.65. The van der Waals surface area contributed by atoms with Crippen molar-refractivity contribution in [3.05, 3.63) is 0 Å². The van der Waals surface area contributed by atoms with Gasteiger partial charge in [0, 0.05) is 11.4 Å². The summed E-state index contributed by atoms with van der Waals surface area (Å²) in [5.74, 6) is 0. The Morgan fingerprint density at radius 1 is 1.36 bits per heavy atom. The Hall–Kier alpha value is 0.400. The van der Waals surface area contributed by atoms with Gasteiger partial charge in [0.1, 0.15) is 0 Å². The molecule has 1 N–H and O–H groups in total. The molecule has 0 radical (unpaired) electrons. The molecule has 14 heavy (non-hydrogen) atoms. The largest absolute Gasteiger partial charge is 0.314 e. The summed E-state index contributed by atoms with van der Waals surface area (Å²) < 4.78 is 0. The summed E-state index contributed by atoms with van der Waals surface area (Å²) in [6, 6.07) is 0.660. The van der Waals surface area contributed by atoms with Crippen LogP contribution in [0.3, 0.4) is 0 Å². The van der Waals surface area contributed by atoms with E-state index in [2.05, 4.69) is 33.1 Å². The maximum absolute atomic E-state index is 3.55. The lowest BCUT2D eigenvalue weighted by Gasteiger charge is -2.16. The lowest BCUT2D eigenvalue weighted by atomic mass is 10.2. The van der Waals surface area contributed by atoms with E-state index in [1.54, 1.807) is 0 Å². The van der Waals surface area contributed by atoms with Crippen molar-refractivity contribution in [1.82, 2.24) is 10.2 Å². The van der Waals surface area contributed by atoms with Gasteiger partial charge in [-0.05, 0) is 58.8 Å². The Morgan fingerprint density at radius 2 is 2.07 bits per heavy atom. The predicted molar refractivity (Wildman–Crippen MR) is 66.2 cm³/mol. The molecule has 1 fully saturated rings. The van der Waals surface area contributed by atoms with Gasteiger partial charge in [0.05, 0.1) is 0 Å². The Balaban J connectivity index is 1.88. The molecule has 0 aromatic heterocycles. The molecule has 0 saturated carbocycles. The number of alkyl halides is 1. The zero-order chi connectivity index (χ0) is 10.2. The second-order valence-corrected chi connectivity index (χ2v) is 5.03. The van der Waals surface area contributed by atoms with E-state index in [1.165, 1.54) is 51.9 Å². The number of hydrogen-bond acceptors (Lipinski definition) is 2. The smallest absolute Gasteiger partial charge is 0.00466 e. The van der Waals surface area contributed by atoms with Crippen molar-refractivity contribution < 1.29 is 0 Å². The molecular weight excluding hydrogens is 240 g/mol. The number of nitrogens with one attached hydrogen (secondary N) is 1. The zero-order valence-electron chi connectivity index (χ0n) is 9.27. The Morgan fingerprint density at radius 3 is 2.71 bits per heavy atom. The first kappa shape index (κ1) is 12.5. The fourth-order valence-corrected chi connectivity index (χ4v) is 2.61. The molecule has 1 rings (SSSR count). The van der Waals surface area contributed by atoms with Crippen molar-refractivity contribution in [2.75, 3.05) is 31.5 Å². The summed E-state index contributed by atoms with van der Waals surface area (Å²) in [4.78, 5) is 2.58. The van der Waals surface area contributed by atoms with E-state index in [0.29, 0.717) is 6.04 Å². The van der Waals surface area contributed by atoms with Crippen LogP contribution >= 0.6 is 15.9 Å². The molecule has 84 valence electrons. The molecular formula is C11H23BrN2. The number of hydrogen-bond donors (Lipinski definition) is 1. The topological polar surface area (TPSA) is 15.3 Å². The van der Waals surface area contributed by atoms with Crippen LogP contribution in [0.2, 0.25) is 0 Å². The third-order valence-corrected chi connectivity index (χ3v) is 3.34. The lowest BCUT2D eigenvalue weighted by molar-refractivity contribution is 0.328. The molecule has 0 aromatic carbocycles. The Bertz CT molecular complexity index is 135. The Labute approximate surface area is 96.6 Å². The number of halogens is 1. The van der Waals surface area contributed by atoms with Gasteiger partial charge in [0.2, 0.25) is 0 Å². The van der Waals surface area contributed by atoms with E-state index in [4.69, 9.17) is 0 Å². The van der Waals surface area contributed by atoms with Gasteiger partial charge in [-0.15, -0.1) is 0 Å². The highest BCUT2D eigenvalue weighted by Crippen LogP contribution is 2.07. The maximum atomic E-state index is 3.55.